The Morgan fingerprint density at radius 3 is 3.00 bits per heavy atom. The van der Waals surface area contributed by atoms with Gasteiger partial charge in [0.05, 0.1) is 24.1 Å². The summed E-state index contributed by atoms with van der Waals surface area (Å²) in [6.07, 6.45) is 11.9. The van der Waals surface area contributed by atoms with Crippen LogP contribution in [0, 0.1) is 5.92 Å². The number of hydrogen-bond acceptors (Lipinski definition) is 6. The summed E-state index contributed by atoms with van der Waals surface area (Å²) in [6, 6.07) is 2.11. The molecule has 144 valence electrons. The summed E-state index contributed by atoms with van der Waals surface area (Å²) in [5, 5.41) is 2.85. The maximum absolute atomic E-state index is 12.1. The maximum atomic E-state index is 12.1. The van der Waals surface area contributed by atoms with E-state index < -0.39 is 0 Å². The van der Waals surface area contributed by atoms with E-state index in [0.717, 1.165) is 73.8 Å². The van der Waals surface area contributed by atoms with Gasteiger partial charge in [-0.2, -0.15) is 0 Å². The number of ether oxygens (including phenoxy) is 1. The molecule has 2 aromatic heterocycles. The van der Waals surface area contributed by atoms with Crippen molar-refractivity contribution in [3.63, 3.8) is 0 Å². The first-order valence-electron chi connectivity index (χ1n) is 9.92. The van der Waals surface area contributed by atoms with Crippen molar-refractivity contribution in [3.05, 3.63) is 35.8 Å². The predicted molar refractivity (Wildman–Crippen MR) is 107 cm³/mol. The minimum Gasteiger partial charge on any atom is -0.381 e. The second kappa shape index (κ2) is 7.31. The van der Waals surface area contributed by atoms with Crippen LogP contribution in [-0.4, -0.2) is 47.2 Å². The standard InChI is InChI=1S/C21H23N5O2/c27-19-13-26(7-4-14-5-8-28-9-6-14)21-20(25-19)23-12-18(24-21)16-10-15-2-1-3-17(15)22-11-16/h1-2,10-12,14H,3-9,13H2,(H,23,25,27). The van der Waals surface area contributed by atoms with Gasteiger partial charge in [0.25, 0.3) is 0 Å². The van der Waals surface area contributed by atoms with Crippen molar-refractivity contribution in [2.75, 3.05) is 36.5 Å². The van der Waals surface area contributed by atoms with E-state index in [1.807, 2.05) is 6.20 Å². The molecule has 4 heterocycles. The summed E-state index contributed by atoms with van der Waals surface area (Å²) < 4.78 is 5.45. The summed E-state index contributed by atoms with van der Waals surface area (Å²) in [7, 11) is 0. The summed E-state index contributed by atoms with van der Waals surface area (Å²) >= 11 is 0. The monoisotopic (exact) mass is 377 g/mol. The van der Waals surface area contributed by atoms with Crippen molar-refractivity contribution in [2.45, 2.75) is 25.7 Å². The third kappa shape index (κ3) is 3.38. The van der Waals surface area contributed by atoms with E-state index in [1.165, 1.54) is 0 Å². The molecule has 5 rings (SSSR count). The Morgan fingerprint density at radius 1 is 1.21 bits per heavy atom. The molecule has 1 N–H and O–H groups in total. The molecule has 0 aromatic carbocycles. The largest absolute Gasteiger partial charge is 0.381 e. The molecule has 1 aliphatic carbocycles. The first-order chi connectivity index (χ1) is 13.8. The summed E-state index contributed by atoms with van der Waals surface area (Å²) in [5.41, 5.74) is 3.96. The van der Waals surface area contributed by atoms with Crippen molar-refractivity contribution < 1.29 is 9.53 Å². The molecule has 1 fully saturated rings. The smallest absolute Gasteiger partial charge is 0.245 e. The summed E-state index contributed by atoms with van der Waals surface area (Å²) in [6.45, 7) is 2.80. The zero-order valence-corrected chi connectivity index (χ0v) is 15.7. The number of hydrogen-bond donors (Lipinski definition) is 1. The van der Waals surface area contributed by atoms with E-state index in [0.29, 0.717) is 18.3 Å². The number of amides is 1. The van der Waals surface area contributed by atoms with E-state index in [2.05, 4.69) is 38.4 Å². The number of carbonyl (C=O) groups is 1. The van der Waals surface area contributed by atoms with E-state index in [9.17, 15) is 4.79 Å². The highest BCUT2D eigenvalue weighted by molar-refractivity contribution is 5.99. The molecule has 7 nitrogen and oxygen atoms in total. The van der Waals surface area contributed by atoms with Crippen molar-refractivity contribution in [1.29, 1.82) is 0 Å². The van der Waals surface area contributed by atoms with Gasteiger partial charge < -0.3 is 15.0 Å². The van der Waals surface area contributed by atoms with Crippen LogP contribution in [0.3, 0.4) is 0 Å². The van der Waals surface area contributed by atoms with Crippen molar-refractivity contribution in [2.24, 2.45) is 5.92 Å². The average molecular weight is 377 g/mol. The van der Waals surface area contributed by atoms with E-state index in [4.69, 9.17) is 9.72 Å². The van der Waals surface area contributed by atoms with Crippen LogP contribution >= 0.6 is 0 Å². The third-order valence-electron chi connectivity index (χ3n) is 5.70. The van der Waals surface area contributed by atoms with E-state index in [-0.39, 0.29) is 5.91 Å². The summed E-state index contributed by atoms with van der Waals surface area (Å²) in [4.78, 5) is 28.1. The van der Waals surface area contributed by atoms with Crippen LogP contribution < -0.4 is 10.2 Å². The van der Waals surface area contributed by atoms with Gasteiger partial charge in [0.15, 0.2) is 11.6 Å². The average Bonchev–Trinajstić information content (AvgIpc) is 3.20. The predicted octanol–water partition coefficient (Wildman–Crippen LogP) is 2.68. The minimum absolute atomic E-state index is 0.0362. The molecule has 1 saturated heterocycles. The molecular formula is C21H23N5O2. The lowest BCUT2D eigenvalue weighted by atomic mass is 9.96. The molecule has 0 radical (unpaired) electrons. The molecule has 0 saturated carbocycles. The number of nitrogens with one attached hydrogen (secondary N) is 1. The molecule has 2 aliphatic heterocycles. The SMILES string of the molecule is O=C1CN(CCC2CCOCC2)c2nc(-c3cnc4c(c3)C=CC4)cnc2N1. The Bertz CT molecular complexity index is 936. The van der Waals surface area contributed by atoms with Gasteiger partial charge in [-0.3, -0.25) is 9.78 Å². The van der Waals surface area contributed by atoms with Crippen LogP contribution in [0.1, 0.15) is 30.5 Å². The molecule has 0 spiro atoms. The fourth-order valence-electron chi connectivity index (χ4n) is 4.07. The zero-order valence-electron chi connectivity index (χ0n) is 15.7. The highest BCUT2D eigenvalue weighted by Gasteiger charge is 2.26. The molecule has 1 amide bonds. The number of allylic oxidation sites excluding steroid dienone is 1. The van der Waals surface area contributed by atoms with Crippen molar-refractivity contribution in [1.82, 2.24) is 15.0 Å². The highest BCUT2D eigenvalue weighted by Crippen LogP contribution is 2.31. The maximum Gasteiger partial charge on any atom is 0.245 e. The van der Waals surface area contributed by atoms with E-state index in [1.54, 1.807) is 6.20 Å². The van der Waals surface area contributed by atoms with Crippen LogP contribution in [0.5, 0.6) is 0 Å². The second-order valence-corrected chi connectivity index (χ2v) is 7.61. The van der Waals surface area contributed by atoms with Gasteiger partial charge >= 0.3 is 0 Å². The molecule has 7 heteroatoms. The lowest BCUT2D eigenvalue weighted by Crippen LogP contribution is -2.40. The van der Waals surface area contributed by atoms with Gasteiger partial charge in [-0.1, -0.05) is 12.2 Å². The fraction of sp³-hybridized carbons (Fsp3) is 0.429. The molecule has 2 aromatic rings. The van der Waals surface area contributed by atoms with Gasteiger partial charge in [-0.05, 0) is 36.8 Å². The van der Waals surface area contributed by atoms with Crippen LogP contribution in [0.25, 0.3) is 17.3 Å². The summed E-state index contributed by atoms with van der Waals surface area (Å²) in [5.74, 6) is 1.90. The minimum atomic E-state index is -0.0362. The third-order valence-corrected chi connectivity index (χ3v) is 5.70. The second-order valence-electron chi connectivity index (χ2n) is 7.61. The molecule has 0 unspecified atom stereocenters. The molecule has 28 heavy (non-hydrogen) atoms. The Labute approximate surface area is 163 Å². The van der Waals surface area contributed by atoms with Gasteiger partial charge in [0.2, 0.25) is 5.91 Å². The first-order valence-corrected chi connectivity index (χ1v) is 9.92. The molecule has 0 atom stereocenters. The number of rotatable bonds is 4. The van der Waals surface area contributed by atoms with Crippen molar-refractivity contribution >= 4 is 23.6 Å². The highest BCUT2D eigenvalue weighted by atomic mass is 16.5. The normalized spacial score (nSPS) is 18.7. The van der Waals surface area contributed by atoms with Gasteiger partial charge in [-0.25, -0.2) is 9.97 Å². The van der Waals surface area contributed by atoms with Crippen LogP contribution in [0.15, 0.2) is 24.5 Å². The zero-order chi connectivity index (χ0) is 18.9. The van der Waals surface area contributed by atoms with Gasteiger partial charge in [0, 0.05) is 37.9 Å². The Hall–Kier alpha value is -2.80. The van der Waals surface area contributed by atoms with Gasteiger partial charge in [0.1, 0.15) is 0 Å². The Kier molecular flexibility index (Phi) is 4.52. The number of pyridine rings is 1. The Balaban J connectivity index is 1.41. The first kappa shape index (κ1) is 17.3. The number of nitrogens with zero attached hydrogens (tertiary/aromatic N) is 4. The van der Waals surface area contributed by atoms with E-state index >= 15 is 0 Å². The lowest BCUT2D eigenvalue weighted by molar-refractivity contribution is -0.115. The molecule has 3 aliphatic rings. The number of anilines is 2. The number of fused-ring (bicyclic) bond motifs is 2. The topological polar surface area (TPSA) is 80.2 Å². The molecular weight excluding hydrogens is 354 g/mol. The van der Waals surface area contributed by atoms with Gasteiger partial charge in [-0.15, -0.1) is 0 Å². The molecule has 0 bridgehead atoms. The fourth-order valence-corrected chi connectivity index (χ4v) is 4.07. The van der Waals surface area contributed by atoms with Crippen LogP contribution in [0.2, 0.25) is 0 Å². The lowest BCUT2D eigenvalue weighted by Gasteiger charge is -2.31. The quantitative estimate of drug-likeness (QED) is 0.882. The van der Waals surface area contributed by atoms with Crippen molar-refractivity contribution in [3.8, 4) is 11.3 Å². The van der Waals surface area contributed by atoms with Crippen LogP contribution in [-0.2, 0) is 16.0 Å². The number of aromatic nitrogens is 3. The van der Waals surface area contributed by atoms with Crippen LogP contribution in [0.4, 0.5) is 11.6 Å². The number of carbonyl (C=O) groups excluding carboxylic acids is 1. The Morgan fingerprint density at radius 2 is 2.11 bits per heavy atom.